The Morgan fingerprint density at radius 2 is 2.33 bits per heavy atom. The van der Waals surface area contributed by atoms with Crippen molar-refractivity contribution in [2.75, 3.05) is 0 Å². The Labute approximate surface area is 68.9 Å². The van der Waals surface area contributed by atoms with Crippen molar-refractivity contribution in [2.24, 2.45) is 0 Å². The van der Waals surface area contributed by atoms with Gasteiger partial charge in [-0.25, -0.2) is 4.98 Å². The molecule has 0 spiro atoms. The molecule has 2 heterocycles. The van der Waals surface area contributed by atoms with Crippen molar-refractivity contribution in [3.05, 3.63) is 23.5 Å². The van der Waals surface area contributed by atoms with Crippen LogP contribution in [-0.4, -0.2) is 15.2 Å². The lowest BCUT2D eigenvalue weighted by Crippen LogP contribution is -1.85. The second kappa shape index (κ2) is 2.31. The molecule has 0 aliphatic heterocycles. The summed E-state index contributed by atoms with van der Waals surface area (Å²) >= 11 is 0. The number of nitrogens with zero attached hydrogens (tertiary/aromatic N) is 3. The summed E-state index contributed by atoms with van der Waals surface area (Å²) in [5.74, 6) is 0. The molecule has 0 bridgehead atoms. The molecule has 0 amide bonds. The lowest BCUT2D eigenvalue weighted by atomic mass is 10.1. The number of aromatic nitrogens is 3. The molecule has 0 radical (unpaired) electrons. The maximum Gasteiger partial charge on any atom is 0.155 e. The number of nitriles is 1. The van der Waals surface area contributed by atoms with Crippen molar-refractivity contribution in [1.82, 2.24) is 15.2 Å². The molecule has 12 heavy (non-hydrogen) atoms. The third kappa shape index (κ3) is 0.768. The Morgan fingerprint density at radius 1 is 1.50 bits per heavy atom. The van der Waals surface area contributed by atoms with Gasteiger partial charge < -0.3 is 0 Å². The number of rotatable bonds is 0. The zero-order valence-electron chi connectivity index (χ0n) is 6.50. The maximum atomic E-state index is 8.69. The molecule has 4 nitrogen and oxygen atoms in total. The minimum absolute atomic E-state index is 0.601. The number of aromatic amines is 1. The van der Waals surface area contributed by atoms with Gasteiger partial charge >= 0.3 is 0 Å². The summed E-state index contributed by atoms with van der Waals surface area (Å²) in [5, 5.41) is 16.2. The third-order valence-electron chi connectivity index (χ3n) is 1.87. The Morgan fingerprint density at radius 3 is 3.08 bits per heavy atom. The summed E-state index contributed by atoms with van der Waals surface area (Å²) in [6.07, 6.45) is 3.23. The lowest BCUT2D eigenvalue weighted by Gasteiger charge is -1.95. The summed E-state index contributed by atoms with van der Waals surface area (Å²) in [5.41, 5.74) is 2.26. The predicted octanol–water partition coefficient (Wildman–Crippen LogP) is 1.14. The first kappa shape index (κ1) is 6.80. The van der Waals surface area contributed by atoms with Crippen LogP contribution in [0.3, 0.4) is 0 Å². The van der Waals surface area contributed by atoms with Gasteiger partial charge in [0.05, 0.1) is 11.8 Å². The van der Waals surface area contributed by atoms with Crippen LogP contribution in [0.15, 0.2) is 12.4 Å². The Balaban J connectivity index is 2.89. The first-order valence-electron chi connectivity index (χ1n) is 3.51. The van der Waals surface area contributed by atoms with Crippen LogP contribution in [0.5, 0.6) is 0 Å². The second-order valence-electron chi connectivity index (χ2n) is 2.54. The van der Waals surface area contributed by atoms with E-state index in [1.54, 1.807) is 12.4 Å². The van der Waals surface area contributed by atoms with Crippen LogP contribution < -0.4 is 0 Å². The number of aryl methyl sites for hydroxylation is 1. The van der Waals surface area contributed by atoms with E-state index in [1.807, 2.05) is 6.92 Å². The zero-order chi connectivity index (χ0) is 8.55. The van der Waals surface area contributed by atoms with E-state index >= 15 is 0 Å². The van der Waals surface area contributed by atoms with Gasteiger partial charge in [0.15, 0.2) is 5.65 Å². The molecule has 2 aromatic heterocycles. The molecule has 0 fully saturated rings. The van der Waals surface area contributed by atoms with Gasteiger partial charge in [-0.05, 0) is 12.5 Å². The molecule has 0 aromatic carbocycles. The first-order valence-corrected chi connectivity index (χ1v) is 3.51. The van der Waals surface area contributed by atoms with Gasteiger partial charge in [0.25, 0.3) is 0 Å². The molecular weight excluding hydrogens is 152 g/mol. The van der Waals surface area contributed by atoms with Crippen LogP contribution in [0, 0.1) is 18.3 Å². The minimum atomic E-state index is 0.601. The highest BCUT2D eigenvalue weighted by atomic mass is 15.1. The highest BCUT2D eigenvalue weighted by Crippen LogP contribution is 2.15. The Hall–Kier alpha value is -1.89. The van der Waals surface area contributed by atoms with E-state index in [-0.39, 0.29) is 0 Å². The molecule has 4 heteroatoms. The molecular formula is C8H6N4. The normalized spacial score (nSPS) is 10.0. The van der Waals surface area contributed by atoms with Gasteiger partial charge in [0.2, 0.25) is 0 Å². The minimum Gasteiger partial charge on any atom is -0.261 e. The molecule has 0 aliphatic carbocycles. The number of H-pyrrole nitrogens is 1. The van der Waals surface area contributed by atoms with Crippen molar-refractivity contribution in [3.8, 4) is 6.07 Å². The van der Waals surface area contributed by atoms with Crippen LogP contribution in [0.4, 0.5) is 0 Å². The van der Waals surface area contributed by atoms with E-state index in [1.165, 1.54) is 0 Å². The van der Waals surface area contributed by atoms with E-state index < -0.39 is 0 Å². The summed E-state index contributed by atoms with van der Waals surface area (Å²) in [6, 6.07) is 2.07. The largest absolute Gasteiger partial charge is 0.261 e. The molecule has 0 saturated carbocycles. The van der Waals surface area contributed by atoms with E-state index in [2.05, 4.69) is 21.3 Å². The zero-order valence-corrected chi connectivity index (χ0v) is 6.50. The van der Waals surface area contributed by atoms with E-state index in [9.17, 15) is 0 Å². The average molecular weight is 158 g/mol. The van der Waals surface area contributed by atoms with E-state index in [4.69, 9.17) is 5.26 Å². The molecule has 2 aromatic rings. The molecule has 0 unspecified atom stereocenters. The number of nitrogens with one attached hydrogen (secondary N) is 1. The molecule has 58 valence electrons. The SMILES string of the molecule is Cc1c(C#N)cnc2[nH]ncc12. The lowest BCUT2D eigenvalue weighted by molar-refractivity contribution is 1.10. The van der Waals surface area contributed by atoms with Crippen LogP contribution in [0.25, 0.3) is 11.0 Å². The number of hydrogen-bond donors (Lipinski definition) is 1. The van der Waals surface area contributed by atoms with E-state index in [0.29, 0.717) is 5.56 Å². The standard InChI is InChI=1S/C8H6N4/c1-5-6(2-9)3-10-8-7(5)4-11-12-8/h3-4H,1H3,(H,10,11,12). The van der Waals surface area contributed by atoms with Crippen LogP contribution in [-0.2, 0) is 0 Å². The average Bonchev–Trinajstić information content (AvgIpc) is 2.53. The fourth-order valence-electron chi connectivity index (χ4n) is 1.14. The molecule has 2 rings (SSSR count). The first-order chi connectivity index (χ1) is 5.83. The number of pyridine rings is 1. The maximum absolute atomic E-state index is 8.69. The van der Waals surface area contributed by atoms with Crippen LogP contribution in [0.1, 0.15) is 11.1 Å². The summed E-state index contributed by atoms with van der Waals surface area (Å²) < 4.78 is 0. The fourth-order valence-corrected chi connectivity index (χ4v) is 1.14. The fraction of sp³-hybridized carbons (Fsp3) is 0.125. The molecule has 1 N–H and O–H groups in total. The number of fused-ring (bicyclic) bond motifs is 1. The van der Waals surface area contributed by atoms with Crippen LogP contribution in [0.2, 0.25) is 0 Å². The second-order valence-corrected chi connectivity index (χ2v) is 2.54. The molecule has 0 atom stereocenters. The quantitative estimate of drug-likeness (QED) is 0.625. The van der Waals surface area contributed by atoms with E-state index in [0.717, 1.165) is 16.6 Å². The monoisotopic (exact) mass is 158 g/mol. The number of hydrogen-bond acceptors (Lipinski definition) is 3. The highest BCUT2D eigenvalue weighted by molar-refractivity contribution is 5.79. The summed E-state index contributed by atoms with van der Waals surface area (Å²) in [4.78, 5) is 4.03. The van der Waals surface area contributed by atoms with Gasteiger partial charge in [-0.3, -0.25) is 5.10 Å². The topological polar surface area (TPSA) is 65.4 Å². The van der Waals surface area contributed by atoms with Crippen molar-refractivity contribution >= 4 is 11.0 Å². The molecule has 0 aliphatic rings. The Bertz CT molecular complexity index is 463. The van der Waals surface area contributed by atoms with Crippen molar-refractivity contribution in [1.29, 1.82) is 5.26 Å². The van der Waals surface area contributed by atoms with Crippen molar-refractivity contribution in [3.63, 3.8) is 0 Å². The predicted molar refractivity (Wildman–Crippen MR) is 43.3 cm³/mol. The third-order valence-corrected chi connectivity index (χ3v) is 1.87. The van der Waals surface area contributed by atoms with Gasteiger partial charge in [0, 0.05) is 11.6 Å². The van der Waals surface area contributed by atoms with Gasteiger partial charge in [-0.2, -0.15) is 10.4 Å². The Kier molecular flexibility index (Phi) is 1.31. The van der Waals surface area contributed by atoms with Gasteiger partial charge in [-0.1, -0.05) is 0 Å². The molecule has 0 saturated heterocycles. The van der Waals surface area contributed by atoms with Crippen LogP contribution >= 0.6 is 0 Å². The van der Waals surface area contributed by atoms with Crippen molar-refractivity contribution < 1.29 is 0 Å². The summed E-state index contributed by atoms with van der Waals surface area (Å²) in [6.45, 7) is 1.89. The highest BCUT2D eigenvalue weighted by Gasteiger charge is 2.04. The summed E-state index contributed by atoms with van der Waals surface area (Å²) in [7, 11) is 0. The van der Waals surface area contributed by atoms with Gasteiger partial charge in [0.1, 0.15) is 6.07 Å². The smallest absolute Gasteiger partial charge is 0.155 e. The van der Waals surface area contributed by atoms with Gasteiger partial charge in [-0.15, -0.1) is 0 Å². The van der Waals surface area contributed by atoms with Crippen molar-refractivity contribution in [2.45, 2.75) is 6.92 Å².